The van der Waals surface area contributed by atoms with Crippen molar-refractivity contribution in [1.82, 2.24) is 25.3 Å². The third-order valence-electron chi connectivity index (χ3n) is 10.4. The molecule has 13 heteroatoms. The van der Waals surface area contributed by atoms with Crippen molar-refractivity contribution in [2.75, 3.05) is 24.5 Å². The number of aliphatic carboxylic acids is 1. The van der Waals surface area contributed by atoms with E-state index in [4.69, 9.17) is 9.84 Å². The van der Waals surface area contributed by atoms with Gasteiger partial charge in [0.05, 0.1) is 11.7 Å². The normalized spacial score (nSPS) is 28.0. The number of anilines is 1. The van der Waals surface area contributed by atoms with Crippen LogP contribution >= 0.6 is 0 Å². The van der Waals surface area contributed by atoms with E-state index in [-0.39, 0.29) is 30.9 Å². The van der Waals surface area contributed by atoms with Crippen LogP contribution in [-0.2, 0) is 19.1 Å². The summed E-state index contributed by atoms with van der Waals surface area (Å²) in [5, 5.41) is 20.7. The minimum absolute atomic E-state index is 0.0307. The number of ether oxygens (including phenoxy) is 1. The van der Waals surface area contributed by atoms with E-state index in [0.717, 1.165) is 62.9 Å². The van der Waals surface area contributed by atoms with E-state index in [9.17, 15) is 29.1 Å². The summed E-state index contributed by atoms with van der Waals surface area (Å²) in [6.07, 6.45) is 9.81. The van der Waals surface area contributed by atoms with Crippen molar-refractivity contribution in [3.8, 4) is 11.3 Å². The van der Waals surface area contributed by atoms with Gasteiger partial charge in [-0.25, -0.2) is 14.3 Å². The quantitative estimate of drug-likeness (QED) is 0.383. The minimum atomic E-state index is -1.47. The maximum Gasteiger partial charge on any atom is 0.408 e. The van der Waals surface area contributed by atoms with Crippen molar-refractivity contribution < 1.29 is 29.0 Å². The highest BCUT2D eigenvalue weighted by Gasteiger charge is 2.61. The third kappa shape index (κ3) is 8.12. The molecule has 2 saturated heterocycles. The Morgan fingerprint density at radius 2 is 1.75 bits per heavy atom. The van der Waals surface area contributed by atoms with Crippen LogP contribution in [0.2, 0.25) is 0 Å². The molecule has 3 amide bonds. The lowest BCUT2D eigenvalue weighted by Gasteiger charge is -2.31. The summed E-state index contributed by atoms with van der Waals surface area (Å²) >= 11 is 0. The van der Waals surface area contributed by atoms with Crippen LogP contribution in [0.5, 0.6) is 0 Å². The Balaban J connectivity index is 1.37. The number of piperidine rings is 1. The van der Waals surface area contributed by atoms with Gasteiger partial charge in [0.2, 0.25) is 11.8 Å². The molecular formula is C38H50N6O7. The zero-order valence-electron chi connectivity index (χ0n) is 29.8. The Hall–Kier alpha value is -4.68. The molecule has 1 aliphatic carbocycles. The Morgan fingerprint density at radius 1 is 1.02 bits per heavy atom. The number of rotatable bonds is 5. The second-order valence-corrected chi connectivity index (χ2v) is 15.3. The number of allylic oxidation sites excluding steroid dienone is 1. The fraction of sp³-hybridized carbons (Fsp3) is 0.579. The van der Waals surface area contributed by atoms with E-state index < -0.39 is 53.1 Å². The van der Waals surface area contributed by atoms with Gasteiger partial charge in [-0.15, -0.1) is 0 Å². The molecule has 3 fully saturated rings. The number of alkyl carbamates (subject to hydrolysis) is 1. The maximum absolute atomic E-state index is 14.5. The van der Waals surface area contributed by atoms with Gasteiger partial charge in [0, 0.05) is 43.6 Å². The molecule has 6 rings (SSSR count). The molecule has 0 radical (unpaired) electrons. The van der Waals surface area contributed by atoms with Crippen molar-refractivity contribution in [3.63, 3.8) is 0 Å². The van der Waals surface area contributed by atoms with Crippen LogP contribution in [0.25, 0.3) is 11.3 Å². The molecule has 1 saturated carbocycles. The van der Waals surface area contributed by atoms with Gasteiger partial charge in [-0.2, -0.15) is 5.10 Å². The van der Waals surface area contributed by atoms with Gasteiger partial charge < -0.3 is 30.3 Å². The second-order valence-electron chi connectivity index (χ2n) is 15.3. The molecule has 5 atom stereocenters. The first kappa shape index (κ1) is 36.1. The fourth-order valence-electron chi connectivity index (χ4n) is 7.60. The molecular weight excluding hydrogens is 652 g/mol. The topological polar surface area (TPSA) is 163 Å². The van der Waals surface area contributed by atoms with Crippen LogP contribution in [0.4, 0.5) is 10.5 Å². The minimum Gasteiger partial charge on any atom is -0.479 e. The second kappa shape index (κ2) is 14.9. The summed E-state index contributed by atoms with van der Waals surface area (Å²) in [6, 6.07) is 8.45. The summed E-state index contributed by atoms with van der Waals surface area (Å²) in [4.78, 5) is 71.6. The van der Waals surface area contributed by atoms with E-state index in [1.54, 1.807) is 26.8 Å². The lowest BCUT2D eigenvalue weighted by molar-refractivity contribution is -0.145. The molecule has 13 nitrogen and oxygen atoms in total. The lowest BCUT2D eigenvalue weighted by Crippen LogP contribution is -2.56. The fourth-order valence-corrected chi connectivity index (χ4v) is 7.60. The maximum atomic E-state index is 14.5. The smallest absolute Gasteiger partial charge is 0.408 e. The van der Waals surface area contributed by atoms with Gasteiger partial charge >= 0.3 is 12.1 Å². The first-order chi connectivity index (χ1) is 24.4. The monoisotopic (exact) mass is 702 g/mol. The molecule has 0 unspecified atom stereocenters. The lowest BCUT2D eigenvalue weighted by atomic mass is 10.0. The van der Waals surface area contributed by atoms with E-state index in [0.29, 0.717) is 18.5 Å². The van der Waals surface area contributed by atoms with Crippen LogP contribution in [0.3, 0.4) is 0 Å². The third-order valence-corrected chi connectivity index (χ3v) is 10.4. The van der Waals surface area contributed by atoms with Crippen LogP contribution in [0.1, 0.15) is 91.0 Å². The number of nitrogens with zero attached hydrogens (tertiary/aromatic N) is 4. The molecule has 4 aliphatic rings. The van der Waals surface area contributed by atoms with E-state index >= 15 is 0 Å². The number of benzene rings is 1. The predicted octanol–water partition coefficient (Wildman–Crippen LogP) is 4.42. The van der Waals surface area contributed by atoms with Gasteiger partial charge in [0.1, 0.15) is 28.9 Å². The standard InChI is InChI=1S/C38H50N6O7/c1-37(2,3)51-36(50)39-28-18-12-6-4-5-11-17-26-23-38(26,35(48)49)40-33(46)30-21-27(24-43(30)34(28)47)44-31(45)22-29(42-19-13-8-14-20-42)32(41-44)25-15-9-7-10-16-25/h7,9-11,15-17,22,26-28,30H,4-6,8,12-14,18-21,23-24H2,1-3H3,(H,39,50)(H,40,46)(H,48,49)/b17-11-/t26-,27-,28-,30-,38+/m0/s1. The molecule has 51 heavy (non-hydrogen) atoms. The largest absolute Gasteiger partial charge is 0.479 e. The Labute approximate surface area is 298 Å². The predicted molar refractivity (Wildman–Crippen MR) is 191 cm³/mol. The van der Waals surface area contributed by atoms with Crippen molar-refractivity contribution >= 4 is 29.6 Å². The van der Waals surface area contributed by atoms with Gasteiger partial charge in [0.15, 0.2) is 0 Å². The van der Waals surface area contributed by atoms with Crippen LogP contribution in [-0.4, -0.2) is 86.5 Å². The van der Waals surface area contributed by atoms with Crippen molar-refractivity contribution in [1.29, 1.82) is 0 Å². The molecule has 2 aromatic rings. The van der Waals surface area contributed by atoms with Crippen molar-refractivity contribution in [2.45, 2.75) is 114 Å². The summed E-state index contributed by atoms with van der Waals surface area (Å²) in [5.74, 6) is -2.61. The highest BCUT2D eigenvalue weighted by molar-refractivity contribution is 5.96. The van der Waals surface area contributed by atoms with Gasteiger partial charge in [0.25, 0.3) is 5.56 Å². The first-order valence-electron chi connectivity index (χ1n) is 18.3. The number of carboxylic acid groups (broad SMARTS) is 1. The number of carboxylic acids is 1. The number of carbonyl (C=O) groups is 4. The molecule has 0 bridgehead atoms. The summed E-state index contributed by atoms with van der Waals surface area (Å²) in [5.41, 5.74) is -0.392. The Bertz CT molecular complexity index is 1710. The molecule has 3 N–H and O–H groups in total. The van der Waals surface area contributed by atoms with E-state index in [1.807, 2.05) is 42.5 Å². The van der Waals surface area contributed by atoms with E-state index in [2.05, 4.69) is 15.5 Å². The Morgan fingerprint density at radius 3 is 2.45 bits per heavy atom. The number of amides is 3. The zero-order chi connectivity index (χ0) is 36.3. The van der Waals surface area contributed by atoms with Gasteiger partial charge in [-0.05, 0) is 65.7 Å². The molecule has 0 spiro atoms. The van der Waals surface area contributed by atoms with E-state index in [1.165, 1.54) is 9.58 Å². The summed E-state index contributed by atoms with van der Waals surface area (Å²) in [6.45, 7) is 6.80. The highest BCUT2D eigenvalue weighted by atomic mass is 16.6. The number of carbonyl (C=O) groups excluding carboxylic acids is 3. The van der Waals surface area contributed by atoms with Crippen LogP contribution in [0.15, 0.2) is 53.3 Å². The zero-order valence-corrected chi connectivity index (χ0v) is 29.8. The van der Waals surface area contributed by atoms with Gasteiger partial charge in [-0.3, -0.25) is 14.4 Å². The first-order valence-corrected chi connectivity index (χ1v) is 18.3. The molecule has 4 heterocycles. The van der Waals surface area contributed by atoms with Crippen molar-refractivity contribution in [3.05, 3.63) is 58.9 Å². The Kier molecular flexibility index (Phi) is 10.5. The number of nitrogens with one attached hydrogen (secondary N) is 2. The number of fused-ring (bicyclic) bond motifs is 2. The summed E-state index contributed by atoms with van der Waals surface area (Å²) < 4.78 is 6.86. The highest BCUT2D eigenvalue weighted by Crippen LogP contribution is 2.45. The van der Waals surface area contributed by atoms with Gasteiger partial charge in [-0.1, -0.05) is 55.3 Å². The average Bonchev–Trinajstić information content (AvgIpc) is 3.61. The van der Waals surface area contributed by atoms with Crippen molar-refractivity contribution in [2.24, 2.45) is 5.92 Å². The molecule has 1 aromatic carbocycles. The SMILES string of the molecule is CC(C)(C)OC(=O)N[C@H]1CCCCC/C=C\[C@H]2C[C@@]2(C(=O)O)NC(=O)[C@@H]2C[C@H](n3nc(-c4ccccc4)c(N4CCCCC4)cc3=O)CN2C1=O. The number of aromatic nitrogens is 2. The molecule has 1 aromatic heterocycles. The average molecular weight is 703 g/mol. The van der Waals surface area contributed by atoms with Crippen LogP contribution in [0, 0.1) is 5.92 Å². The summed E-state index contributed by atoms with van der Waals surface area (Å²) in [7, 11) is 0. The molecule has 3 aliphatic heterocycles. The molecule has 274 valence electrons. The van der Waals surface area contributed by atoms with Crippen LogP contribution < -0.4 is 21.1 Å². The number of hydrogen-bond acceptors (Lipinski definition) is 8. The number of hydrogen-bond donors (Lipinski definition) is 3.